The highest BCUT2D eigenvalue weighted by molar-refractivity contribution is 5.76. The number of fused-ring (bicyclic) bond motifs is 2. The average molecular weight is 280 g/mol. The Morgan fingerprint density at radius 3 is 2.55 bits per heavy atom. The molecule has 3 aliphatic rings. The van der Waals surface area contributed by atoms with Crippen molar-refractivity contribution in [1.29, 1.82) is 0 Å². The Hall–Kier alpha value is -0.610. The Labute approximate surface area is 122 Å². The highest BCUT2D eigenvalue weighted by Gasteiger charge is 2.37. The van der Waals surface area contributed by atoms with Gasteiger partial charge in [0.05, 0.1) is 11.7 Å². The zero-order valence-corrected chi connectivity index (χ0v) is 13.0. The molecule has 3 heterocycles. The van der Waals surface area contributed by atoms with Crippen LogP contribution >= 0.6 is 0 Å². The van der Waals surface area contributed by atoms with Crippen molar-refractivity contribution in [3.8, 4) is 0 Å². The molecule has 1 N–H and O–H groups in total. The molecule has 114 valence electrons. The van der Waals surface area contributed by atoms with E-state index in [-0.39, 0.29) is 11.7 Å². The predicted octanol–water partition coefficient (Wildman–Crippen LogP) is 1.93. The predicted molar refractivity (Wildman–Crippen MR) is 78.5 cm³/mol. The largest absolute Gasteiger partial charge is 0.369 e. The van der Waals surface area contributed by atoms with Crippen molar-refractivity contribution in [3.05, 3.63) is 0 Å². The monoisotopic (exact) mass is 280 g/mol. The van der Waals surface area contributed by atoms with Crippen LogP contribution in [-0.2, 0) is 9.53 Å². The van der Waals surface area contributed by atoms with E-state index in [4.69, 9.17) is 4.74 Å². The van der Waals surface area contributed by atoms with Crippen LogP contribution < -0.4 is 5.32 Å². The van der Waals surface area contributed by atoms with E-state index < -0.39 is 0 Å². The number of piperidine rings is 1. The minimum Gasteiger partial charge on any atom is -0.369 e. The molecular weight excluding hydrogens is 252 g/mol. The second-order valence-corrected chi connectivity index (χ2v) is 7.64. The molecule has 3 atom stereocenters. The van der Waals surface area contributed by atoms with Gasteiger partial charge in [0.25, 0.3) is 0 Å². The van der Waals surface area contributed by atoms with Crippen LogP contribution in [0.5, 0.6) is 0 Å². The Balaban J connectivity index is 1.56. The fourth-order valence-corrected chi connectivity index (χ4v) is 4.36. The van der Waals surface area contributed by atoms with Gasteiger partial charge in [0.15, 0.2) is 0 Å². The van der Waals surface area contributed by atoms with Crippen LogP contribution in [0.25, 0.3) is 0 Å². The first-order chi connectivity index (χ1) is 9.41. The lowest BCUT2D eigenvalue weighted by Gasteiger charge is -2.42. The molecule has 3 fully saturated rings. The third-order valence-electron chi connectivity index (χ3n) is 4.96. The molecule has 3 aliphatic heterocycles. The first kappa shape index (κ1) is 14.3. The third-order valence-corrected chi connectivity index (χ3v) is 4.96. The van der Waals surface area contributed by atoms with Gasteiger partial charge in [-0.1, -0.05) is 0 Å². The van der Waals surface area contributed by atoms with Gasteiger partial charge in [-0.15, -0.1) is 0 Å². The zero-order valence-electron chi connectivity index (χ0n) is 13.0. The third kappa shape index (κ3) is 3.17. The molecule has 0 aromatic carbocycles. The van der Waals surface area contributed by atoms with Gasteiger partial charge in [-0.05, 0) is 52.4 Å². The van der Waals surface area contributed by atoms with Gasteiger partial charge in [-0.25, -0.2) is 0 Å². The summed E-state index contributed by atoms with van der Waals surface area (Å²) >= 11 is 0. The Morgan fingerprint density at radius 2 is 1.95 bits per heavy atom. The lowest BCUT2D eigenvalue weighted by Crippen LogP contribution is -2.54. The van der Waals surface area contributed by atoms with Gasteiger partial charge in [-0.3, -0.25) is 4.79 Å². The molecule has 4 heteroatoms. The van der Waals surface area contributed by atoms with E-state index in [1.54, 1.807) is 0 Å². The molecule has 0 radical (unpaired) electrons. The number of rotatable bonds is 2. The molecule has 0 aliphatic carbocycles. The van der Waals surface area contributed by atoms with Gasteiger partial charge in [0.1, 0.15) is 0 Å². The molecule has 20 heavy (non-hydrogen) atoms. The summed E-state index contributed by atoms with van der Waals surface area (Å²) < 4.78 is 5.88. The molecule has 0 aromatic heterocycles. The van der Waals surface area contributed by atoms with E-state index in [1.165, 1.54) is 25.7 Å². The molecule has 0 saturated carbocycles. The van der Waals surface area contributed by atoms with Crippen LogP contribution in [0.3, 0.4) is 0 Å². The standard InChI is InChI=1S/C16H28N2O2/c1-11-9-18(10-16(2,3)20-11)15(19)8-12-6-13-4-5-14(7-12)17-13/h11-14,17H,4-10H2,1-3H3. The van der Waals surface area contributed by atoms with Crippen molar-refractivity contribution in [2.75, 3.05) is 13.1 Å². The zero-order chi connectivity index (χ0) is 14.3. The Bertz CT molecular complexity index is 371. The second-order valence-electron chi connectivity index (χ2n) is 7.64. The maximum atomic E-state index is 12.6. The van der Waals surface area contributed by atoms with Crippen LogP contribution in [0.1, 0.15) is 52.9 Å². The molecule has 3 rings (SSSR count). The number of hydrogen-bond acceptors (Lipinski definition) is 3. The van der Waals surface area contributed by atoms with Crippen LogP contribution in [0.4, 0.5) is 0 Å². The lowest BCUT2D eigenvalue weighted by molar-refractivity contribution is -0.159. The first-order valence-electron chi connectivity index (χ1n) is 8.13. The maximum absolute atomic E-state index is 12.6. The number of nitrogens with zero attached hydrogens (tertiary/aromatic N) is 1. The van der Waals surface area contributed by atoms with Crippen LogP contribution in [-0.4, -0.2) is 47.7 Å². The maximum Gasteiger partial charge on any atom is 0.223 e. The molecule has 3 saturated heterocycles. The van der Waals surface area contributed by atoms with Crippen molar-refractivity contribution in [1.82, 2.24) is 10.2 Å². The van der Waals surface area contributed by atoms with Crippen LogP contribution in [0, 0.1) is 5.92 Å². The van der Waals surface area contributed by atoms with Gasteiger partial charge in [-0.2, -0.15) is 0 Å². The van der Waals surface area contributed by atoms with Gasteiger partial charge < -0.3 is 15.0 Å². The smallest absolute Gasteiger partial charge is 0.223 e. The molecule has 3 unspecified atom stereocenters. The van der Waals surface area contributed by atoms with E-state index in [9.17, 15) is 4.79 Å². The average Bonchev–Trinajstić information content (AvgIpc) is 2.66. The highest BCUT2D eigenvalue weighted by atomic mass is 16.5. The quantitative estimate of drug-likeness (QED) is 0.840. The highest BCUT2D eigenvalue weighted by Crippen LogP contribution is 2.33. The summed E-state index contributed by atoms with van der Waals surface area (Å²) in [7, 11) is 0. The second kappa shape index (κ2) is 5.30. The van der Waals surface area contributed by atoms with Crippen LogP contribution in [0.2, 0.25) is 0 Å². The minimum atomic E-state index is -0.208. The summed E-state index contributed by atoms with van der Waals surface area (Å²) in [5.74, 6) is 0.919. The number of ether oxygens (including phenoxy) is 1. The molecule has 0 aromatic rings. The van der Waals surface area contributed by atoms with Crippen molar-refractivity contribution in [2.24, 2.45) is 5.92 Å². The summed E-state index contributed by atoms with van der Waals surface area (Å²) in [6.07, 6.45) is 5.86. The number of hydrogen-bond donors (Lipinski definition) is 1. The fraction of sp³-hybridized carbons (Fsp3) is 0.938. The summed E-state index contributed by atoms with van der Waals surface area (Å²) in [5.41, 5.74) is -0.208. The Kier molecular flexibility index (Phi) is 3.80. The summed E-state index contributed by atoms with van der Waals surface area (Å²) in [6, 6.07) is 1.35. The summed E-state index contributed by atoms with van der Waals surface area (Å²) in [6.45, 7) is 7.70. The molecule has 1 amide bonds. The summed E-state index contributed by atoms with van der Waals surface area (Å²) in [4.78, 5) is 14.6. The van der Waals surface area contributed by atoms with Crippen molar-refractivity contribution >= 4 is 5.91 Å². The number of morpholine rings is 1. The van der Waals surface area contributed by atoms with E-state index in [0.717, 1.165) is 19.5 Å². The Morgan fingerprint density at radius 1 is 1.30 bits per heavy atom. The van der Waals surface area contributed by atoms with Crippen molar-refractivity contribution in [3.63, 3.8) is 0 Å². The minimum absolute atomic E-state index is 0.145. The summed E-state index contributed by atoms with van der Waals surface area (Å²) in [5, 5.41) is 3.65. The number of carbonyl (C=O) groups is 1. The normalized spacial score (nSPS) is 39.9. The van der Waals surface area contributed by atoms with Crippen molar-refractivity contribution in [2.45, 2.75) is 76.7 Å². The lowest BCUT2D eigenvalue weighted by atomic mass is 9.89. The molecule has 2 bridgehead atoms. The van der Waals surface area contributed by atoms with Gasteiger partial charge >= 0.3 is 0 Å². The van der Waals surface area contributed by atoms with E-state index >= 15 is 0 Å². The number of nitrogens with one attached hydrogen (secondary N) is 1. The molecule has 0 spiro atoms. The van der Waals surface area contributed by atoms with E-state index in [0.29, 0.717) is 23.9 Å². The topological polar surface area (TPSA) is 41.6 Å². The number of carbonyl (C=O) groups excluding carboxylic acids is 1. The first-order valence-corrected chi connectivity index (χ1v) is 8.13. The van der Waals surface area contributed by atoms with Gasteiger partial charge in [0.2, 0.25) is 5.91 Å². The van der Waals surface area contributed by atoms with Gasteiger partial charge in [0, 0.05) is 31.6 Å². The molecular formula is C16H28N2O2. The SMILES string of the molecule is CC1CN(C(=O)CC2CC3CCC(C2)N3)CC(C)(C)O1. The fourth-order valence-electron chi connectivity index (χ4n) is 4.36. The molecule has 4 nitrogen and oxygen atoms in total. The van der Waals surface area contributed by atoms with E-state index in [1.807, 2.05) is 4.90 Å². The number of amides is 1. The van der Waals surface area contributed by atoms with Crippen molar-refractivity contribution < 1.29 is 9.53 Å². The van der Waals surface area contributed by atoms with E-state index in [2.05, 4.69) is 26.1 Å². The van der Waals surface area contributed by atoms with Crippen LogP contribution in [0.15, 0.2) is 0 Å².